The van der Waals surface area contributed by atoms with E-state index in [2.05, 4.69) is 11.0 Å². The average molecular weight is 446 g/mol. The first-order valence-corrected chi connectivity index (χ1v) is 11.1. The SMILES string of the molecule is COc1ccccc1CN1CCC[C@H](CN(CCN(C)C)C(=O)c2ccc(F)cc2F)C1. The summed E-state index contributed by atoms with van der Waals surface area (Å²) >= 11 is 0. The van der Waals surface area contributed by atoms with Crippen LogP contribution in [-0.2, 0) is 6.54 Å². The van der Waals surface area contributed by atoms with Gasteiger partial charge in [-0.25, -0.2) is 8.78 Å². The molecule has 1 fully saturated rings. The van der Waals surface area contributed by atoms with Gasteiger partial charge in [-0.15, -0.1) is 0 Å². The second-order valence-electron chi connectivity index (χ2n) is 8.73. The van der Waals surface area contributed by atoms with Crippen LogP contribution in [0.1, 0.15) is 28.8 Å². The predicted octanol–water partition coefficient (Wildman–Crippen LogP) is 3.89. The van der Waals surface area contributed by atoms with Crippen LogP contribution in [0.4, 0.5) is 8.78 Å². The molecule has 1 saturated heterocycles. The molecule has 1 amide bonds. The van der Waals surface area contributed by atoms with Crippen molar-refractivity contribution in [2.24, 2.45) is 5.92 Å². The number of para-hydroxylation sites is 1. The smallest absolute Gasteiger partial charge is 0.256 e. The third-order valence-electron chi connectivity index (χ3n) is 5.93. The van der Waals surface area contributed by atoms with Crippen molar-refractivity contribution in [2.45, 2.75) is 19.4 Å². The van der Waals surface area contributed by atoms with E-state index >= 15 is 0 Å². The van der Waals surface area contributed by atoms with E-state index in [0.717, 1.165) is 55.9 Å². The molecule has 1 aliphatic rings. The molecule has 0 spiro atoms. The minimum atomic E-state index is -0.814. The molecule has 174 valence electrons. The summed E-state index contributed by atoms with van der Waals surface area (Å²) in [7, 11) is 5.56. The van der Waals surface area contributed by atoms with Gasteiger partial charge >= 0.3 is 0 Å². The summed E-state index contributed by atoms with van der Waals surface area (Å²) in [5, 5.41) is 0. The fraction of sp³-hybridized carbons (Fsp3) is 0.480. The number of benzene rings is 2. The van der Waals surface area contributed by atoms with Crippen molar-refractivity contribution in [3.63, 3.8) is 0 Å². The van der Waals surface area contributed by atoms with Crippen LogP contribution in [0.15, 0.2) is 42.5 Å². The maximum atomic E-state index is 14.3. The maximum absolute atomic E-state index is 14.3. The molecule has 1 aliphatic heterocycles. The number of rotatable bonds is 9. The number of amides is 1. The normalized spacial score (nSPS) is 16.9. The van der Waals surface area contributed by atoms with E-state index in [9.17, 15) is 13.6 Å². The number of likely N-dealkylation sites (tertiary alicyclic amines) is 1. The molecular formula is C25H33F2N3O2. The quantitative estimate of drug-likeness (QED) is 0.587. The number of methoxy groups -OCH3 is 1. The highest BCUT2D eigenvalue weighted by Gasteiger charge is 2.26. The fourth-order valence-electron chi connectivity index (χ4n) is 4.26. The molecule has 0 unspecified atom stereocenters. The Morgan fingerprint density at radius 1 is 1.16 bits per heavy atom. The van der Waals surface area contributed by atoms with Crippen molar-refractivity contribution >= 4 is 5.91 Å². The summed E-state index contributed by atoms with van der Waals surface area (Å²) in [6.45, 7) is 4.35. The van der Waals surface area contributed by atoms with Gasteiger partial charge in [-0.1, -0.05) is 18.2 Å². The number of piperidine rings is 1. The summed E-state index contributed by atoms with van der Waals surface area (Å²) in [5.41, 5.74) is 1.07. The molecule has 1 heterocycles. The van der Waals surface area contributed by atoms with Gasteiger partial charge in [0.1, 0.15) is 17.4 Å². The van der Waals surface area contributed by atoms with Crippen molar-refractivity contribution in [2.75, 3.05) is 53.9 Å². The third-order valence-corrected chi connectivity index (χ3v) is 5.93. The Kier molecular flexibility index (Phi) is 8.59. The number of likely N-dealkylation sites (N-methyl/N-ethyl adjacent to an activating group) is 1. The molecule has 7 heteroatoms. The number of ether oxygens (including phenoxy) is 1. The van der Waals surface area contributed by atoms with E-state index in [4.69, 9.17) is 4.74 Å². The van der Waals surface area contributed by atoms with Crippen LogP contribution in [0.5, 0.6) is 5.75 Å². The second-order valence-corrected chi connectivity index (χ2v) is 8.73. The van der Waals surface area contributed by atoms with Crippen LogP contribution in [0.25, 0.3) is 0 Å². The highest BCUT2D eigenvalue weighted by atomic mass is 19.1. The van der Waals surface area contributed by atoms with Gasteiger partial charge in [-0.3, -0.25) is 9.69 Å². The first-order valence-electron chi connectivity index (χ1n) is 11.1. The lowest BCUT2D eigenvalue weighted by Gasteiger charge is -2.36. The monoisotopic (exact) mass is 445 g/mol. The summed E-state index contributed by atoms with van der Waals surface area (Å²) < 4.78 is 33.1. The first-order chi connectivity index (χ1) is 15.4. The van der Waals surface area contributed by atoms with E-state index in [-0.39, 0.29) is 17.4 Å². The van der Waals surface area contributed by atoms with Crippen LogP contribution >= 0.6 is 0 Å². The van der Waals surface area contributed by atoms with Crippen molar-refractivity contribution in [3.8, 4) is 5.75 Å². The van der Waals surface area contributed by atoms with Gasteiger partial charge < -0.3 is 14.5 Å². The molecule has 2 aromatic rings. The summed E-state index contributed by atoms with van der Waals surface area (Å²) in [6.07, 6.45) is 2.06. The van der Waals surface area contributed by atoms with Crippen LogP contribution in [0.3, 0.4) is 0 Å². The molecule has 0 radical (unpaired) electrons. The van der Waals surface area contributed by atoms with Gasteiger partial charge in [-0.05, 0) is 57.6 Å². The topological polar surface area (TPSA) is 36.0 Å². The van der Waals surface area contributed by atoms with E-state index < -0.39 is 11.6 Å². The molecule has 32 heavy (non-hydrogen) atoms. The average Bonchev–Trinajstić information content (AvgIpc) is 2.77. The number of hydrogen-bond donors (Lipinski definition) is 0. The zero-order chi connectivity index (χ0) is 23.1. The molecular weight excluding hydrogens is 412 g/mol. The molecule has 0 N–H and O–H groups in total. The van der Waals surface area contributed by atoms with Crippen LogP contribution < -0.4 is 4.74 Å². The Bertz CT molecular complexity index is 907. The van der Waals surface area contributed by atoms with Crippen molar-refractivity contribution in [1.82, 2.24) is 14.7 Å². The summed E-state index contributed by atoms with van der Waals surface area (Å²) in [6, 6.07) is 11.2. The summed E-state index contributed by atoms with van der Waals surface area (Å²) in [4.78, 5) is 19.2. The van der Waals surface area contributed by atoms with Gasteiger partial charge in [0.2, 0.25) is 0 Å². The minimum Gasteiger partial charge on any atom is -0.496 e. The van der Waals surface area contributed by atoms with Crippen molar-refractivity contribution < 1.29 is 18.3 Å². The van der Waals surface area contributed by atoms with Crippen LogP contribution in [0.2, 0.25) is 0 Å². The Hall–Kier alpha value is -2.51. The lowest BCUT2D eigenvalue weighted by molar-refractivity contribution is 0.0655. The standard InChI is InChI=1S/C25H33F2N3O2/c1-28(2)13-14-30(25(31)22-11-10-21(26)15-23(22)27)17-19-7-6-12-29(16-19)18-20-8-4-5-9-24(20)32-3/h4-5,8-11,15,19H,6-7,12-14,16-18H2,1-3H3/t19-/m0/s1. The Morgan fingerprint density at radius 2 is 1.94 bits per heavy atom. The summed E-state index contributed by atoms with van der Waals surface area (Å²) in [5.74, 6) is -0.715. The maximum Gasteiger partial charge on any atom is 0.256 e. The fourth-order valence-corrected chi connectivity index (χ4v) is 4.26. The number of halogens is 2. The molecule has 3 rings (SSSR count). The molecule has 1 atom stereocenters. The Morgan fingerprint density at radius 3 is 2.66 bits per heavy atom. The van der Waals surface area contributed by atoms with E-state index in [1.54, 1.807) is 12.0 Å². The third kappa shape index (κ3) is 6.50. The van der Waals surface area contributed by atoms with Crippen LogP contribution in [-0.4, -0.2) is 74.5 Å². The van der Waals surface area contributed by atoms with Gasteiger partial charge in [0, 0.05) is 44.4 Å². The number of nitrogens with zero attached hydrogens (tertiary/aromatic N) is 3. The van der Waals surface area contributed by atoms with Crippen molar-refractivity contribution in [1.29, 1.82) is 0 Å². The van der Waals surface area contributed by atoms with Crippen LogP contribution in [0, 0.1) is 17.6 Å². The minimum absolute atomic E-state index is 0.0770. The first kappa shape index (κ1) is 24.1. The lowest BCUT2D eigenvalue weighted by Crippen LogP contribution is -2.44. The van der Waals surface area contributed by atoms with E-state index in [1.165, 1.54) is 6.07 Å². The molecule has 5 nitrogen and oxygen atoms in total. The molecule has 0 bridgehead atoms. The van der Waals surface area contributed by atoms with Gasteiger partial charge in [0.15, 0.2) is 0 Å². The van der Waals surface area contributed by atoms with Crippen molar-refractivity contribution in [3.05, 3.63) is 65.2 Å². The predicted molar refractivity (Wildman–Crippen MR) is 122 cm³/mol. The largest absolute Gasteiger partial charge is 0.496 e. The Labute approximate surface area is 189 Å². The molecule has 0 saturated carbocycles. The van der Waals surface area contributed by atoms with E-state index in [0.29, 0.717) is 19.6 Å². The zero-order valence-electron chi connectivity index (χ0n) is 19.2. The highest BCUT2D eigenvalue weighted by Crippen LogP contribution is 2.24. The second kappa shape index (κ2) is 11.4. The number of carbonyl (C=O) groups excluding carboxylic acids is 1. The van der Waals surface area contributed by atoms with Gasteiger partial charge in [0.25, 0.3) is 5.91 Å². The number of carbonyl (C=O) groups is 1. The molecule has 0 aliphatic carbocycles. The van der Waals surface area contributed by atoms with Gasteiger partial charge in [-0.2, -0.15) is 0 Å². The molecule has 0 aromatic heterocycles. The van der Waals surface area contributed by atoms with Gasteiger partial charge in [0.05, 0.1) is 12.7 Å². The number of hydrogen-bond acceptors (Lipinski definition) is 4. The Balaban J connectivity index is 1.70. The highest BCUT2D eigenvalue weighted by molar-refractivity contribution is 5.94. The lowest BCUT2D eigenvalue weighted by atomic mass is 9.96. The zero-order valence-corrected chi connectivity index (χ0v) is 19.2. The van der Waals surface area contributed by atoms with E-state index in [1.807, 2.05) is 37.2 Å². The molecule has 2 aromatic carbocycles.